The normalized spacial score (nSPS) is 16.1. The Bertz CT molecular complexity index is 1230. The molecule has 0 aliphatic carbocycles. The predicted octanol–water partition coefficient (Wildman–Crippen LogP) is 3.13. The number of halogens is 1. The lowest BCUT2D eigenvalue weighted by molar-refractivity contribution is 0.0634. The van der Waals surface area contributed by atoms with Gasteiger partial charge in [0.1, 0.15) is 11.9 Å². The zero-order valence-electron chi connectivity index (χ0n) is 18.8. The van der Waals surface area contributed by atoms with E-state index in [1.807, 2.05) is 19.0 Å². The highest BCUT2D eigenvalue weighted by atomic mass is 19.1. The van der Waals surface area contributed by atoms with Crippen molar-refractivity contribution in [2.75, 3.05) is 27.2 Å². The van der Waals surface area contributed by atoms with E-state index in [4.69, 9.17) is 5.26 Å². The van der Waals surface area contributed by atoms with Gasteiger partial charge in [-0.1, -0.05) is 6.07 Å². The maximum atomic E-state index is 14.4. The highest BCUT2D eigenvalue weighted by Crippen LogP contribution is 2.33. The molecule has 3 heterocycles. The van der Waals surface area contributed by atoms with Gasteiger partial charge < -0.3 is 14.9 Å². The summed E-state index contributed by atoms with van der Waals surface area (Å²) >= 11 is 0. The highest BCUT2D eigenvalue weighted by Gasteiger charge is 2.26. The lowest BCUT2D eigenvalue weighted by atomic mass is 10.00. The lowest BCUT2D eigenvalue weighted by Gasteiger charge is -2.36. The number of likely N-dealkylation sites (N-methyl/N-ethyl adjacent to an activating group) is 1. The molecule has 8 nitrogen and oxygen atoms in total. The molecule has 1 atom stereocenters. The van der Waals surface area contributed by atoms with Crippen molar-refractivity contribution >= 4 is 5.91 Å². The Labute approximate surface area is 191 Å². The molecule has 170 valence electrons. The Balaban J connectivity index is 1.57. The van der Waals surface area contributed by atoms with Gasteiger partial charge in [0.25, 0.3) is 5.91 Å². The monoisotopic (exact) mass is 448 g/mol. The first kappa shape index (κ1) is 22.4. The topological polar surface area (TPSA) is 98.3 Å². The summed E-state index contributed by atoms with van der Waals surface area (Å²) in [6.07, 6.45) is 5.08. The van der Waals surface area contributed by atoms with Gasteiger partial charge in [-0.05, 0) is 63.2 Å². The molecular weight excluding hydrogens is 423 g/mol. The number of likely N-dealkylation sites (tertiary alicyclic amines) is 1. The molecule has 33 heavy (non-hydrogen) atoms. The molecule has 4 rings (SSSR count). The number of hydrogen-bond donors (Lipinski definition) is 1. The van der Waals surface area contributed by atoms with Gasteiger partial charge in [-0.15, -0.1) is 5.10 Å². The number of aromatic nitrogens is 3. The van der Waals surface area contributed by atoms with Gasteiger partial charge in [0.15, 0.2) is 5.82 Å². The molecule has 1 N–H and O–H groups in total. The summed E-state index contributed by atoms with van der Waals surface area (Å²) in [6.45, 7) is 2.95. The molecule has 3 aromatic rings. The third-order valence-corrected chi connectivity index (χ3v) is 6.14. The summed E-state index contributed by atoms with van der Waals surface area (Å²) in [6, 6.07) is 8.44. The van der Waals surface area contributed by atoms with E-state index in [1.165, 1.54) is 16.9 Å². The van der Waals surface area contributed by atoms with Crippen LogP contribution in [-0.4, -0.2) is 68.8 Å². The fourth-order valence-corrected chi connectivity index (χ4v) is 4.13. The lowest BCUT2D eigenvalue weighted by Crippen LogP contribution is -2.47. The number of aromatic hydroxyl groups is 1. The van der Waals surface area contributed by atoms with Gasteiger partial charge in [0.05, 0.1) is 16.7 Å². The van der Waals surface area contributed by atoms with Crippen molar-refractivity contribution in [2.45, 2.75) is 25.8 Å². The summed E-state index contributed by atoms with van der Waals surface area (Å²) in [4.78, 5) is 21.3. The number of hydrogen-bond acceptors (Lipinski definition) is 6. The van der Waals surface area contributed by atoms with Gasteiger partial charge in [-0.25, -0.2) is 14.1 Å². The van der Waals surface area contributed by atoms with Crippen LogP contribution < -0.4 is 0 Å². The Kier molecular flexibility index (Phi) is 6.11. The molecule has 1 fully saturated rings. The van der Waals surface area contributed by atoms with E-state index in [1.54, 1.807) is 37.4 Å². The molecule has 0 unspecified atom stereocenters. The van der Waals surface area contributed by atoms with Gasteiger partial charge in [-0.3, -0.25) is 4.79 Å². The zero-order valence-corrected chi connectivity index (χ0v) is 18.8. The molecule has 9 heteroatoms. The number of amides is 1. The number of piperidine rings is 1. The number of carbonyl (C=O) groups is 1. The number of carbonyl (C=O) groups excluding carboxylic acids is 1. The van der Waals surface area contributed by atoms with E-state index in [-0.39, 0.29) is 22.9 Å². The first-order valence-corrected chi connectivity index (χ1v) is 10.7. The Morgan fingerprint density at radius 2 is 2.06 bits per heavy atom. The first-order chi connectivity index (χ1) is 15.8. The molecular formula is C24H25FN6O2. The van der Waals surface area contributed by atoms with E-state index < -0.39 is 5.82 Å². The fraction of sp³-hybridized carbons (Fsp3) is 0.333. The Hall–Kier alpha value is -3.77. The van der Waals surface area contributed by atoms with E-state index in [0.717, 1.165) is 19.4 Å². The van der Waals surface area contributed by atoms with E-state index >= 15 is 0 Å². The van der Waals surface area contributed by atoms with Crippen LogP contribution in [0.3, 0.4) is 0 Å². The summed E-state index contributed by atoms with van der Waals surface area (Å²) < 4.78 is 15.7. The van der Waals surface area contributed by atoms with Crippen LogP contribution in [0.4, 0.5) is 4.39 Å². The van der Waals surface area contributed by atoms with Crippen LogP contribution in [0, 0.1) is 24.1 Å². The van der Waals surface area contributed by atoms with Crippen LogP contribution >= 0.6 is 0 Å². The van der Waals surface area contributed by atoms with Crippen LogP contribution in [-0.2, 0) is 0 Å². The average molecular weight is 449 g/mol. The number of benzene rings is 1. The van der Waals surface area contributed by atoms with Gasteiger partial charge in [-0.2, -0.15) is 5.26 Å². The fourth-order valence-electron chi connectivity index (χ4n) is 4.13. The van der Waals surface area contributed by atoms with Crippen molar-refractivity contribution < 1.29 is 14.3 Å². The Morgan fingerprint density at radius 3 is 2.73 bits per heavy atom. The third-order valence-electron chi connectivity index (χ3n) is 6.14. The maximum absolute atomic E-state index is 14.4. The standard InChI is InChI=1S/C24H25FN6O2/c1-15-19(8-6-16(11-26)22(15)25)20-14-31(28-23(20)32)21-9-7-17(12-27-21)24(33)30-10-4-5-18(13-30)29(2)3/h6-9,12,14,18H,4-5,10,13H2,1-3H3,(H,28,32)/t18-/m0/s1. The van der Waals surface area contributed by atoms with Crippen LogP contribution in [0.5, 0.6) is 5.88 Å². The van der Waals surface area contributed by atoms with Crippen molar-refractivity contribution in [3.05, 3.63) is 59.2 Å². The second kappa shape index (κ2) is 9.00. The number of rotatable bonds is 4. The SMILES string of the molecule is Cc1c(-c2cn(-c3ccc(C(=O)N4CCC[C@H](N(C)C)C4)cn3)nc2O)ccc(C#N)c1F. The van der Waals surface area contributed by atoms with Crippen LogP contribution in [0.15, 0.2) is 36.7 Å². The molecule has 1 aliphatic rings. The summed E-state index contributed by atoms with van der Waals surface area (Å²) in [5, 5.41) is 23.4. The second-order valence-electron chi connectivity index (χ2n) is 8.44. The van der Waals surface area contributed by atoms with Crippen molar-refractivity contribution in [1.82, 2.24) is 24.6 Å². The van der Waals surface area contributed by atoms with Crippen LogP contribution in [0.2, 0.25) is 0 Å². The van der Waals surface area contributed by atoms with Gasteiger partial charge in [0, 0.05) is 31.5 Å². The number of nitriles is 1. The first-order valence-electron chi connectivity index (χ1n) is 10.7. The van der Waals surface area contributed by atoms with E-state index in [9.17, 15) is 14.3 Å². The van der Waals surface area contributed by atoms with Crippen LogP contribution in [0.1, 0.15) is 34.3 Å². The quantitative estimate of drug-likeness (QED) is 0.659. The van der Waals surface area contributed by atoms with E-state index in [2.05, 4.69) is 15.0 Å². The minimum atomic E-state index is -0.627. The van der Waals surface area contributed by atoms with Gasteiger partial charge >= 0.3 is 0 Å². The zero-order chi connectivity index (χ0) is 23.7. The highest BCUT2D eigenvalue weighted by molar-refractivity contribution is 5.94. The molecule has 0 saturated carbocycles. The average Bonchev–Trinajstić information content (AvgIpc) is 3.21. The Morgan fingerprint density at radius 1 is 1.27 bits per heavy atom. The summed E-state index contributed by atoms with van der Waals surface area (Å²) in [7, 11) is 4.05. The maximum Gasteiger partial charge on any atom is 0.255 e. The molecule has 2 aromatic heterocycles. The van der Waals surface area contributed by atoms with Gasteiger partial charge in [0.2, 0.25) is 5.88 Å². The molecule has 1 saturated heterocycles. The van der Waals surface area contributed by atoms with Crippen molar-refractivity contribution in [1.29, 1.82) is 5.26 Å². The number of nitrogens with zero attached hydrogens (tertiary/aromatic N) is 6. The second-order valence-corrected chi connectivity index (χ2v) is 8.44. The molecule has 0 radical (unpaired) electrons. The molecule has 1 aliphatic heterocycles. The molecule has 0 bridgehead atoms. The predicted molar refractivity (Wildman–Crippen MR) is 120 cm³/mol. The summed E-state index contributed by atoms with van der Waals surface area (Å²) in [5.41, 5.74) is 1.43. The van der Waals surface area contributed by atoms with Crippen molar-refractivity contribution in [3.63, 3.8) is 0 Å². The largest absolute Gasteiger partial charge is 0.492 e. The van der Waals surface area contributed by atoms with Crippen LogP contribution in [0.25, 0.3) is 16.9 Å². The smallest absolute Gasteiger partial charge is 0.255 e. The number of pyridine rings is 1. The minimum Gasteiger partial charge on any atom is -0.492 e. The summed E-state index contributed by atoms with van der Waals surface area (Å²) in [5.74, 6) is -0.567. The molecule has 1 amide bonds. The minimum absolute atomic E-state index is 0.0596. The van der Waals surface area contributed by atoms with Crippen molar-refractivity contribution in [3.8, 4) is 28.9 Å². The van der Waals surface area contributed by atoms with Crippen molar-refractivity contribution in [2.24, 2.45) is 0 Å². The molecule has 0 spiro atoms. The van der Waals surface area contributed by atoms with E-state index in [0.29, 0.717) is 35.1 Å². The third kappa shape index (κ3) is 4.30. The molecule has 1 aromatic carbocycles.